The molecule has 1 aromatic carbocycles. The van der Waals surface area contributed by atoms with Crippen molar-refractivity contribution in [3.05, 3.63) is 52.5 Å². The summed E-state index contributed by atoms with van der Waals surface area (Å²) >= 11 is 0. The van der Waals surface area contributed by atoms with E-state index in [-0.39, 0.29) is 0 Å². The van der Waals surface area contributed by atoms with E-state index in [4.69, 9.17) is 0 Å². The standard InChI is InChI=1S/C20H28N6/c1-13-16(17-8-6-7-9-19(17)24-13)10-11-22-20(21-4)23-12-18-14(2)25-26(5)15(18)3/h6-9,24H,10-12H2,1-5H3,(H2,21,22,23). The number of guanidine groups is 1. The number of aliphatic imine (C=N–C) groups is 1. The number of aromatic nitrogens is 3. The molecule has 0 unspecified atom stereocenters. The highest BCUT2D eigenvalue weighted by Gasteiger charge is 2.10. The van der Waals surface area contributed by atoms with E-state index in [0.29, 0.717) is 0 Å². The summed E-state index contributed by atoms with van der Waals surface area (Å²) in [5.41, 5.74) is 7.26. The van der Waals surface area contributed by atoms with Crippen molar-refractivity contribution in [3.63, 3.8) is 0 Å². The summed E-state index contributed by atoms with van der Waals surface area (Å²) in [6.45, 7) is 7.81. The number of aryl methyl sites for hydroxylation is 3. The van der Waals surface area contributed by atoms with Gasteiger partial charge >= 0.3 is 0 Å². The van der Waals surface area contributed by atoms with Crippen molar-refractivity contribution >= 4 is 16.9 Å². The van der Waals surface area contributed by atoms with Crippen LogP contribution in [0.15, 0.2) is 29.3 Å². The molecule has 3 rings (SSSR count). The number of hydrogen-bond acceptors (Lipinski definition) is 2. The molecule has 0 saturated heterocycles. The Labute approximate surface area is 154 Å². The number of aromatic amines is 1. The first-order valence-corrected chi connectivity index (χ1v) is 9.01. The zero-order valence-corrected chi connectivity index (χ0v) is 16.3. The minimum atomic E-state index is 0.720. The van der Waals surface area contributed by atoms with Crippen LogP contribution < -0.4 is 10.6 Å². The lowest BCUT2D eigenvalue weighted by Crippen LogP contribution is -2.38. The number of benzene rings is 1. The molecule has 0 aliphatic rings. The lowest BCUT2D eigenvalue weighted by Gasteiger charge is -2.12. The molecule has 0 radical (unpaired) electrons. The minimum absolute atomic E-state index is 0.720. The highest BCUT2D eigenvalue weighted by atomic mass is 15.3. The lowest BCUT2D eigenvalue weighted by atomic mass is 10.1. The molecule has 2 aromatic heterocycles. The number of nitrogens with one attached hydrogen (secondary N) is 3. The van der Waals surface area contributed by atoms with Crippen molar-refractivity contribution in [2.45, 2.75) is 33.7 Å². The van der Waals surface area contributed by atoms with E-state index in [1.165, 1.54) is 33.4 Å². The molecule has 138 valence electrons. The van der Waals surface area contributed by atoms with Gasteiger partial charge in [0.2, 0.25) is 0 Å². The molecule has 0 spiro atoms. The maximum absolute atomic E-state index is 4.46. The highest BCUT2D eigenvalue weighted by molar-refractivity contribution is 5.84. The van der Waals surface area contributed by atoms with Crippen LogP contribution in [0.5, 0.6) is 0 Å². The average Bonchev–Trinajstić information content (AvgIpc) is 3.07. The van der Waals surface area contributed by atoms with E-state index in [1.807, 2.05) is 18.7 Å². The van der Waals surface area contributed by atoms with Gasteiger partial charge in [-0.3, -0.25) is 9.67 Å². The van der Waals surface area contributed by atoms with Crippen LogP contribution in [0.1, 0.15) is 28.2 Å². The molecule has 0 fully saturated rings. The van der Waals surface area contributed by atoms with Crippen LogP contribution in [-0.2, 0) is 20.0 Å². The second kappa shape index (κ2) is 7.64. The van der Waals surface area contributed by atoms with Crippen molar-refractivity contribution in [1.29, 1.82) is 0 Å². The molecular formula is C20H28N6. The van der Waals surface area contributed by atoms with Gasteiger partial charge in [0.1, 0.15) is 0 Å². The number of hydrogen-bond donors (Lipinski definition) is 3. The molecule has 0 bridgehead atoms. The summed E-state index contributed by atoms with van der Waals surface area (Å²) in [6, 6.07) is 8.45. The van der Waals surface area contributed by atoms with Gasteiger partial charge in [-0.05, 0) is 38.8 Å². The third-order valence-electron chi connectivity index (χ3n) is 5.01. The van der Waals surface area contributed by atoms with Crippen molar-refractivity contribution < 1.29 is 0 Å². The Morgan fingerprint density at radius 1 is 1.15 bits per heavy atom. The summed E-state index contributed by atoms with van der Waals surface area (Å²) in [5, 5.41) is 12.6. The second-order valence-electron chi connectivity index (χ2n) is 6.65. The number of rotatable bonds is 5. The molecule has 0 aliphatic heterocycles. The Kier molecular flexibility index (Phi) is 5.30. The van der Waals surface area contributed by atoms with Gasteiger partial charge < -0.3 is 15.6 Å². The number of fused-ring (bicyclic) bond motifs is 1. The summed E-state index contributed by atoms with van der Waals surface area (Å²) < 4.78 is 1.92. The van der Waals surface area contributed by atoms with Gasteiger partial charge in [0.15, 0.2) is 5.96 Å². The van der Waals surface area contributed by atoms with Gasteiger partial charge in [-0.25, -0.2) is 0 Å². The fourth-order valence-electron chi connectivity index (χ4n) is 3.43. The van der Waals surface area contributed by atoms with Gasteiger partial charge in [-0.15, -0.1) is 0 Å². The van der Waals surface area contributed by atoms with E-state index < -0.39 is 0 Å². The van der Waals surface area contributed by atoms with Crippen LogP contribution in [0.25, 0.3) is 10.9 Å². The van der Waals surface area contributed by atoms with Crippen molar-refractivity contribution in [3.8, 4) is 0 Å². The first-order valence-electron chi connectivity index (χ1n) is 9.01. The van der Waals surface area contributed by atoms with Gasteiger partial charge in [-0.1, -0.05) is 18.2 Å². The maximum atomic E-state index is 4.46. The molecular weight excluding hydrogens is 324 g/mol. The molecule has 0 saturated carbocycles. The predicted octanol–water partition coefficient (Wildman–Crippen LogP) is 2.73. The smallest absolute Gasteiger partial charge is 0.191 e. The Morgan fingerprint density at radius 3 is 2.62 bits per heavy atom. The molecule has 3 N–H and O–H groups in total. The number of nitrogens with zero attached hydrogens (tertiary/aromatic N) is 3. The first kappa shape index (κ1) is 18.0. The SMILES string of the molecule is CN=C(NCCc1c(C)[nH]c2ccccc12)NCc1c(C)nn(C)c1C. The summed E-state index contributed by atoms with van der Waals surface area (Å²) in [7, 11) is 3.78. The average molecular weight is 352 g/mol. The van der Waals surface area contributed by atoms with E-state index >= 15 is 0 Å². The van der Waals surface area contributed by atoms with Crippen LogP contribution >= 0.6 is 0 Å². The van der Waals surface area contributed by atoms with Gasteiger partial charge in [0.05, 0.1) is 5.69 Å². The topological polar surface area (TPSA) is 70.0 Å². The van der Waals surface area contributed by atoms with Crippen molar-refractivity contribution in [2.75, 3.05) is 13.6 Å². The zero-order chi connectivity index (χ0) is 18.7. The molecule has 2 heterocycles. The van der Waals surface area contributed by atoms with Crippen LogP contribution in [-0.4, -0.2) is 34.3 Å². The normalized spacial score (nSPS) is 12.0. The third-order valence-corrected chi connectivity index (χ3v) is 5.01. The van der Waals surface area contributed by atoms with Gasteiger partial charge in [0.25, 0.3) is 0 Å². The molecule has 0 atom stereocenters. The summed E-state index contributed by atoms with van der Waals surface area (Å²) in [4.78, 5) is 7.79. The fourth-order valence-corrected chi connectivity index (χ4v) is 3.43. The van der Waals surface area contributed by atoms with Crippen molar-refractivity contribution in [1.82, 2.24) is 25.4 Å². The quantitative estimate of drug-likeness (QED) is 0.488. The van der Waals surface area contributed by atoms with E-state index in [9.17, 15) is 0 Å². The van der Waals surface area contributed by atoms with Crippen LogP contribution in [0.2, 0.25) is 0 Å². The Hall–Kier alpha value is -2.76. The van der Waals surface area contributed by atoms with E-state index in [0.717, 1.165) is 31.2 Å². The number of H-pyrrole nitrogens is 1. The minimum Gasteiger partial charge on any atom is -0.358 e. The molecule has 3 aromatic rings. The molecule has 6 heteroatoms. The third kappa shape index (κ3) is 3.59. The van der Waals surface area contributed by atoms with Gasteiger partial charge in [0, 0.05) is 55.0 Å². The Bertz CT molecular complexity index is 931. The van der Waals surface area contributed by atoms with E-state index in [1.54, 1.807) is 7.05 Å². The lowest BCUT2D eigenvalue weighted by molar-refractivity contribution is 0.728. The molecule has 6 nitrogen and oxygen atoms in total. The first-order chi connectivity index (χ1) is 12.5. The number of para-hydroxylation sites is 1. The molecule has 0 amide bonds. The second-order valence-corrected chi connectivity index (χ2v) is 6.65. The monoisotopic (exact) mass is 352 g/mol. The largest absolute Gasteiger partial charge is 0.358 e. The summed E-state index contributed by atoms with van der Waals surface area (Å²) in [5.74, 6) is 0.810. The summed E-state index contributed by atoms with van der Waals surface area (Å²) in [6.07, 6.45) is 0.946. The fraction of sp³-hybridized carbons (Fsp3) is 0.400. The van der Waals surface area contributed by atoms with Crippen LogP contribution in [0, 0.1) is 20.8 Å². The van der Waals surface area contributed by atoms with Crippen LogP contribution in [0.3, 0.4) is 0 Å². The highest BCUT2D eigenvalue weighted by Crippen LogP contribution is 2.21. The van der Waals surface area contributed by atoms with Gasteiger partial charge in [-0.2, -0.15) is 5.10 Å². The Morgan fingerprint density at radius 2 is 1.92 bits per heavy atom. The predicted molar refractivity (Wildman–Crippen MR) is 108 cm³/mol. The van der Waals surface area contributed by atoms with E-state index in [2.05, 4.69) is 63.8 Å². The van der Waals surface area contributed by atoms with Crippen molar-refractivity contribution in [2.24, 2.45) is 12.0 Å². The molecule has 26 heavy (non-hydrogen) atoms. The zero-order valence-electron chi connectivity index (χ0n) is 16.3. The molecule has 0 aliphatic carbocycles. The maximum Gasteiger partial charge on any atom is 0.191 e. The Balaban J connectivity index is 1.58. The van der Waals surface area contributed by atoms with Crippen LogP contribution in [0.4, 0.5) is 0 Å².